The number of likely N-dealkylation sites (N-methyl/N-ethyl adjacent to an activating group) is 1. The highest BCUT2D eigenvalue weighted by Crippen LogP contribution is 2.27. The zero-order chi connectivity index (χ0) is 17.7. The van der Waals surface area contributed by atoms with E-state index in [0.29, 0.717) is 6.54 Å². The molecule has 6 nitrogen and oxygen atoms in total. The summed E-state index contributed by atoms with van der Waals surface area (Å²) < 4.78 is 5.41. The summed E-state index contributed by atoms with van der Waals surface area (Å²) in [5.41, 5.74) is 1.42. The Hall–Kier alpha value is -2.60. The molecular weight excluding hydrogens is 306 g/mol. The number of amides is 1. The van der Waals surface area contributed by atoms with Crippen LogP contribution in [0.2, 0.25) is 0 Å². The van der Waals surface area contributed by atoms with Gasteiger partial charge in [-0.05, 0) is 39.2 Å². The highest BCUT2D eigenvalue weighted by atomic mass is 16.5. The highest BCUT2D eigenvalue weighted by molar-refractivity contribution is 5.93. The van der Waals surface area contributed by atoms with Gasteiger partial charge in [-0.15, -0.1) is 0 Å². The van der Waals surface area contributed by atoms with Crippen molar-refractivity contribution < 1.29 is 9.53 Å². The molecule has 2 rings (SSSR count). The van der Waals surface area contributed by atoms with Crippen LogP contribution in [0, 0.1) is 6.92 Å². The van der Waals surface area contributed by atoms with E-state index in [-0.39, 0.29) is 17.2 Å². The topological polar surface area (TPSA) is 74.4 Å². The van der Waals surface area contributed by atoms with Crippen molar-refractivity contribution in [2.75, 3.05) is 27.7 Å². The van der Waals surface area contributed by atoms with Crippen LogP contribution in [0.4, 0.5) is 0 Å². The number of hydrogen-bond acceptors (Lipinski definition) is 4. The third-order valence-electron chi connectivity index (χ3n) is 3.88. The van der Waals surface area contributed by atoms with Crippen molar-refractivity contribution in [3.63, 3.8) is 0 Å². The molecule has 1 aromatic carbocycles. The zero-order valence-corrected chi connectivity index (χ0v) is 14.4. The van der Waals surface area contributed by atoms with Gasteiger partial charge in [0, 0.05) is 17.8 Å². The van der Waals surface area contributed by atoms with Gasteiger partial charge in [-0.3, -0.25) is 9.59 Å². The largest absolute Gasteiger partial charge is 0.496 e. The van der Waals surface area contributed by atoms with Gasteiger partial charge in [0.2, 0.25) is 0 Å². The Labute approximate surface area is 141 Å². The number of hydrogen-bond donors (Lipinski definition) is 2. The fourth-order valence-corrected chi connectivity index (χ4v) is 2.55. The van der Waals surface area contributed by atoms with E-state index < -0.39 is 5.91 Å². The van der Waals surface area contributed by atoms with Crippen LogP contribution in [0.1, 0.15) is 27.7 Å². The number of carbonyl (C=O) groups excluding carboxylic acids is 1. The normalized spacial score (nSPS) is 12.0. The predicted molar refractivity (Wildman–Crippen MR) is 93.6 cm³/mol. The number of pyridine rings is 1. The highest BCUT2D eigenvalue weighted by Gasteiger charge is 2.20. The van der Waals surface area contributed by atoms with Crippen molar-refractivity contribution in [3.05, 3.63) is 63.6 Å². The molecule has 2 aromatic rings. The lowest BCUT2D eigenvalue weighted by atomic mass is 10.0. The van der Waals surface area contributed by atoms with Crippen molar-refractivity contribution in [2.24, 2.45) is 0 Å². The number of aryl methyl sites for hydroxylation is 1. The van der Waals surface area contributed by atoms with Gasteiger partial charge < -0.3 is 19.9 Å². The molecule has 2 N–H and O–H groups in total. The number of aromatic nitrogens is 1. The number of nitrogens with one attached hydrogen (secondary N) is 2. The first-order chi connectivity index (χ1) is 11.4. The van der Waals surface area contributed by atoms with Crippen LogP contribution in [0.5, 0.6) is 5.75 Å². The van der Waals surface area contributed by atoms with Crippen LogP contribution in [0.3, 0.4) is 0 Å². The maximum Gasteiger partial charge on any atom is 0.260 e. The van der Waals surface area contributed by atoms with Gasteiger partial charge in [-0.1, -0.05) is 18.2 Å². The fraction of sp³-hybridized carbons (Fsp3) is 0.333. The molecule has 1 atom stereocenters. The molecule has 1 heterocycles. The molecule has 0 spiro atoms. The third-order valence-corrected chi connectivity index (χ3v) is 3.88. The van der Waals surface area contributed by atoms with Gasteiger partial charge in [-0.25, -0.2) is 0 Å². The van der Waals surface area contributed by atoms with E-state index in [0.717, 1.165) is 17.0 Å². The number of carbonyl (C=O) groups is 1. The number of rotatable bonds is 6. The number of aromatic amines is 1. The van der Waals surface area contributed by atoms with E-state index in [1.165, 1.54) is 6.07 Å². The molecule has 1 aromatic heterocycles. The monoisotopic (exact) mass is 329 g/mol. The van der Waals surface area contributed by atoms with E-state index in [2.05, 4.69) is 10.3 Å². The molecule has 0 unspecified atom stereocenters. The minimum Gasteiger partial charge on any atom is -0.496 e. The molecule has 0 saturated heterocycles. The predicted octanol–water partition coefficient (Wildman–Crippen LogP) is 1.72. The first-order valence-corrected chi connectivity index (χ1v) is 7.71. The van der Waals surface area contributed by atoms with E-state index in [4.69, 9.17) is 4.74 Å². The fourth-order valence-electron chi connectivity index (χ4n) is 2.55. The molecule has 0 aliphatic rings. The van der Waals surface area contributed by atoms with E-state index in [1.807, 2.05) is 43.3 Å². The lowest BCUT2D eigenvalue weighted by Gasteiger charge is -2.26. The van der Waals surface area contributed by atoms with Gasteiger partial charge in [0.15, 0.2) is 0 Å². The van der Waals surface area contributed by atoms with Gasteiger partial charge in [0.1, 0.15) is 11.3 Å². The average Bonchev–Trinajstić information content (AvgIpc) is 2.55. The molecule has 1 amide bonds. The quantitative estimate of drug-likeness (QED) is 0.846. The number of nitrogens with zero attached hydrogens (tertiary/aromatic N) is 1. The second kappa shape index (κ2) is 7.79. The first-order valence-electron chi connectivity index (χ1n) is 7.71. The summed E-state index contributed by atoms with van der Waals surface area (Å²) in [6, 6.07) is 10.9. The van der Waals surface area contributed by atoms with Gasteiger partial charge in [-0.2, -0.15) is 0 Å². The van der Waals surface area contributed by atoms with E-state index in [1.54, 1.807) is 20.1 Å². The lowest BCUT2D eigenvalue weighted by Crippen LogP contribution is -2.36. The van der Waals surface area contributed by atoms with Crippen LogP contribution in [-0.4, -0.2) is 43.5 Å². The minimum absolute atomic E-state index is 0.0744. The number of methoxy groups -OCH3 is 1. The zero-order valence-electron chi connectivity index (χ0n) is 14.4. The number of H-pyrrole nitrogens is 1. The molecule has 24 heavy (non-hydrogen) atoms. The molecular formula is C18H23N3O3. The first kappa shape index (κ1) is 17.7. The Bertz CT molecular complexity index is 768. The second-order valence-corrected chi connectivity index (χ2v) is 5.82. The van der Waals surface area contributed by atoms with E-state index in [9.17, 15) is 9.59 Å². The molecule has 0 radical (unpaired) electrons. The van der Waals surface area contributed by atoms with Crippen molar-refractivity contribution in [2.45, 2.75) is 13.0 Å². The molecule has 0 aliphatic heterocycles. The molecule has 0 aliphatic carbocycles. The molecule has 0 bridgehead atoms. The maximum atomic E-state index is 12.3. The van der Waals surface area contributed by atoms with Gasteiger partial charge in [0.05, 0.1) is 13.2 Å². The minimum atomic E-state index is -0.391. The number of ether oxygens (including phenoxy) is 1. The van der Waals surface area contributed by atoms with Crippen molar-refractivity contribution in [1.82, 2.24) is 15.2 Å². The van der Waals surface area contributed by atoms with Crippen LogP contribution in [0.25, 0.3) is 0 Å². The maximum absolute atomic E-state index is 12.3. The van der Waals surface area contributed by atoms with Crippen LogP contribution >= 0.6 is 0 Å². The summed E-state index contributed by atoms with van der Waals surface area (Å²) in [6.07, 6.45) is 0. The lowest BCUT2D eigenvalue weighted by molar-refractivity contribution is 0.0940. The molecule has 128 valence electrons. The SMILES string of the molecule is COc1ccccc1[C@@H](CNC(=O)c1ccc(C)[nH]c1=O)N(C)C. The Morgan fingerprint density at radius 3 is 2.58 bits per heavy atom. The Morgan fingerprint density at radius 1 is 1.25 bits per heavy atom. The molecule has 0 saturated carbocycles. The third kappa shape index (κ3) is 4.02. The number of benzene rings is 1. The summed E-state index contributed by atoms with van der Waals surface area (Å²) in [4.78, 5) is 28.8. The van der Waals surface area contributed by atoms with Gasteiger partial charge in [0.25, 0.3) is 11.5 Å². The van der Waals surface area contributed by atoms with Crippen LogP contribution < -0.4 is 15.6 Å². The van der Waals surface area contributed by atoms with Crippen molar-refractivity contribution in [1.29, 1.82) is 0 Å². The average molecular weight is 329 g/mol. The summed E-state index contributed by atoms with van der Waals surface area (Å²) in [5, 5.41) is 2.83. The molecule has 6 heteroatoms. The number of para-hydroxylation sites is 1. The van der Waals surface area contributed by atoms with Crippen molar-refractivity contribution in [3.8, 4) is 5.75 Å². The summed E-state index contributed by atoms with van der Waals surface area (Å²) >= 11 is 0. The Morgan fingerprint density at radius 2 is 1.96 bits per heavy atom. The van der Waals surface area contributed by atoms with Gasteiger partial charge >= 0.3 is 0 Å². The Balaban J connectivity index is 2.17. The second-order valence-electron chi connectivity index (χ2n) is 5.82. The summed E-state index contributed by atoms with van der Waals surface area (Å²) in [5.74, 6) is 0.372. The summed E-state index contributed by atoms with van der Waals surface area (Å²) in [7, 11) is 5.49. The smallest absolute Gasteiger partial charge is 0.260 e. The van der Waals surface area contributed by atoms with E-state index >= 15 is 0 Å². The Kier molecular flexibility index (Phi) is 5.76. The molecule has 0 fully saturated rings. The summed E-state index contributed by atoms with van der Waals surface area (Å²) in [6.45, 7) is 2.13. The van der Waals surface area contributed by atoms with Crippen LogP contribution in [0.15, 0.2) is 41.2 Å². The standard InChI is InChI=1S/C18H23N3O3/c1-12-9-10-14(18(23)20-12)17(22)19-11-15(21(2)3)13-7-5-6-8-16(13)24-4/h5-10,15H,11H2,1-4H3,(H,19,22)(H,20,23)/t15-/m1/s1. The van der Waals surface area contributed by atoms with Crippen molar-refractivity contribution >= 4 is 5.91 Å². The van der Waals surface area contributed by atoms with Crippen LogP contribution in [-0.2, 0) is 0 Å².